The first-order valence-corrected chi connectivity index (χ1v) is 5.70. The summed E-state index contributed by atoms with van der Waals surface area (Å²) >= 11 is 0. The van der Waals surface area contributed by atoms with Crippen molar-refractivity contribution in [1.29, 1.82) is 0 Å². The Morgan fingerprint density at radius 1 is 1.29 bits per heavy atom. The number of aliphatic imine (C=N–C) groups is 1. The zero-order valence-electron chi connectivity index (χ0n) is 11.1. The van der Waals surface area contributed by atoms with E-state index in [1.807, 2.05) is 69.3 Å². The van der Waals surface area contributed by atoms with Crippen molar-refractivity contribution in [2.24, 2.45) is 4.99 Å². The molecule has 1 aromatic carbocycles. The molecular formula is C15H20N2. The number of benzene rings is 1. The van der Waals surface area contributed by atoms with Gasteiger partial charge in [0.2, 0.25) is 0 Å². The fraction of sp³-hybridized carbons (Fsp3) is 0.267. The summed E-state index contributed by atoms with van der Waals surface area (Å²) < 4.78 is 0. The van der Waals surface area contributed by atoms with Gasteiger partial charge < -0.3 is 4.90 Å². The molecule has 2 nitrogen and oxygen atoms in total. The lowest BCUT2D eigenvalue weighted by Crippen LogP contribution is -2.30. The standard InChI is InChI=1S/C15H20N2/c1-6-9-13(3)16-15(17(4)5)14-11-8-7-10-12(14)2/h6-11H,2H2,1,3-5H3/b9-6+,15-14+,16-13+. The van der Waals surface area contributed by atoms with Crippen LogP contribution in [-0.4, -0.2) is 24.7 Å². The van der Waals surface area contributed by atoms with Gasteiger partial charge in [0.25, 0.3) is 0 Å². The second-order valence-electron chi connectivity index (χ2n) is 4.13. The summed E-state index contributed by atoms with van der Waals surface area (Å²) in [5.74, 6) is 0.936. The first-order chi connectivity index (χ1) is 8.06. The smallest absolute Gasteiger partial charge is 0.136 e. The quantitative estimate of drug-likeness (QED) is 0.720. The van der Waals surface area contributed by atoms with E-state index in [2.05, 4.69) is 11.6 Å². The van der Waals surface area contributed by atoms with E-state index >= 15 is 0 Å². The molecule has 0 radical (unpaired) electrons. The van der Waals surface area contributed by atoms with Crippen LogP contribution in [0.3, 0.4) is 0 Å². The third kappa shape index (κ3) is 3.59. The molecule has 0 aliphatic rings. The minimum atomic E-state index is 0.936. The molecule has 0 heterocycles. The molecule has 0 saturated carbocycles. The Balaban J connectivity index is 3.49. The zero-order valence-corrected chi connectivity index (χ0v) is 11.1. The van der Waals surface area contributed by atoms with Gasteiger partial charge in [0.05, 0.1) is 0 Å². The molecule has 1 rings (SSSR count). The second kappa shape index (κ2) is 6.04. The lowest BCUT2D eigenvalue weighted by molar-refractivity contribution is 0.576. The van der Waals surface area contributed by atoms with Crippen molar-refractivity contribution < 1.29 is 0 Å². The van der Waals surface area contributed by atoms with Crippen LogP contribution in [0.25, 0.3) is 12.4 Å². The van der Waals surface area contributed by atoms with E-state index in [-0.39, 0.29) is 0 Å². The molecule has 0 saturated heterocycles. The monoisotopic (exact) mass is 228 g/mol. The van der Waals surface area contributed by atoms with Crippen molar-refractivity contribution in [2.45, 2.75) is 13.8 Å². The van der Waals surface area contributed by atoms with Gasteiger partial charge in [-0.1, -0.05) is 36.9 Å². The van der Waals surface area contributed by atoms with E-state index in [1.54, 1.807) is 0 Å². The molecule has 17 heavy (non-hydrogen) atoms. The molecule has 0 amide bonds. The number of hydrogen-bond donors (Lipinski definition) is 0. The molecule has 0 aliphatic carbocycles. The van der Waals surface area contributed by atoms with Crippen LogP contribution in [0, 0.1) is 0 Å². The summed E-state index contributed by atoms with van der Waals surface area (Å²) in [4.78, 5) is 6.64. The lowest BCUT2D eigenvalue weighted by atomic mass is 10.2. The lowest BCUT2D eigenvalue weighted by Gasteiger charge is -2.13. The van der Waals surface area contributed by atoms with Gasteiger partial charge in [-0.25, -0.2) is 4.99 Å². The van der Waals surface area contributed by atoms with Crippen LogP contribution in [-0.2, 0) is 0 Å². The Kier molecular flexibility index (Phi) is 4.70. The first-order valence-electron chi connectivity index (χ1n) is 5.70. The molecule has 0 unspecified atom stereocenters. The molecular weight excluding hydrogens is 208 g/mol. The van der Waals surface area contributed by atoms with Crippen molar-refractivity contribution >= 4 is 18.1 Å². The molecule has 2 heteroatoms. The van der Waals surface area contributed by atoms with Gasteiger partial charge in [-0.2, -0.15) is 0 Å². The van der Waals surface area contributed by atoms with Crippen LogP contribution >= 0.6 is 0 Å². The van der Waals surface area contributed by atoms with Crippen molar-refractivity contribution in [3.05, 3.63) is 46.9 Å². The van der Waals surface area contributed by atoms with Crippen LogP contribution in [0.15, 0.2) is 41.4 Å². The number of allylic oxidation sites excluding steroid dienone is 2. The third-order valence-electron chi connectivity index (χ3n) is 2.37. The molecule has 0 aliphatic heterocycles. The fourth-order valence-electron chi connectivity index (χ4n) is 1.59. The predicted octanol–water partition coefficient (Wildman–Crippen LogP) is 1.76. The Hall–Kier alpha value is -1.83. The predicted molar refractivity (Wildman–Crippen MR) is 76.2 cm³/mol. The average Bonchev–Trinajstić information content (AvgIpc) is 2.27. The van der Waals surface area contributed by atoms with Gasteiger partial charge in [-0.15, -0.1) is 0 Å². The fourth-order valence-corrected chi connectivity index (χ4v) is 1.59. The van der Waals surface area contributed by atoms with E-state index in [9.17, 15) is 0 Å². The number of rotatable bonds is 3. The van der Waals surface area contributed by atoms with Crippen molar-refractivity contribution in [1.82, 2.24) is 4.90 Å². The largest absolute Gasteiger partial charge is 0.362 e. The Bertz CT molecular complexity index is 536. The van der Waals surface area contributed by atoms with Crippen LogP contribution < -0.4 is 10.4 Å². The Labute approximate surface area is 103 Å². The topological polar surface area (TPSA) is 15.6 Å². The maximum atomic E-state index is 4.63. The van der Waals surface area contributed by atoms with Gasteiger partial charge in [-0.05, 0) is 25.1 Å². The third-order valence-corrected chi connectivity index (χ3v) is 2.37. The molecule has 0 N–H and O–H groups in total. The summed E-state index contributed by atoms with van der Waals surface area (Å²) in [5, 5.41) is 2.06. The molecule has 0 aromatic heterocycles. The average molecular weight is 228 g/mol. The van der Waals surface area contributed by atoms with E-state index in [0.717, 1.165) is 22.0 Å². The van der Waals surface area contributed by atoms with Crippen LogP contribution in [0.2, 0.25) is 0 Å². The van der Waals surface area contributed by atoms with Crippen molar-refractivity contribution in [3.8, 4) is 0 Å². The van der Waals surface area contributed by atoms with Gasteiger partial charge in [-0.3, -0.25) is 0 Å². The van der Waals surface area contributed by atoms with Crippen LogP contribution in [0.5, 0.6) is 0 Å². The number of hydrogen-bond acceptors (Lipinski definition) is 2. The molecule has 0 fully saturated rings. The molecule has 0 bridgehead atoms. The summed E-state index contributed by atoms with van der Waals surface area (Å²) in [7, 11) is 3.99. The Morgan fingerprint density at radius 2 is 1.94 bits per heavy atom. The van der Waals surface area contributed by atoms with Crippen LogP contribution in [0.1, 0.15) is 13.8 Å². The van der Waals surface area contributed by atoms with Gasteiger partial charge in [0, 0.05) is 25.0 Å². The Morgan fingerprint density at radius 3 is 2.47 bits per heavy atom. The molecule has 0 atom stereocenters. The highest BCUT2D eigenvalue weighted by Gasteiger charge is 1.99. The van der Waals surface area contributed by atoms with E-state index in [1.165, 1.54) is 0 Å². The van der Waals surface area contributed by atoms with Crippen molar-refractivity contribution in [3.63, 3.8) is 0 Å². The summed E-state index contributed by atoms with van der Waals surface area (Å²) in [6.07, 6.45) is 3.98. The summed E-state index contributed by atoms with van der Waals surface area (Å²) in [5.41, 5.74) is 0.986. The normalized spacial score (nSPS) is 14.0. The highest BCUT2D eigenvalue weighted by atomic mass is 15.2. The SMILES string of the molecule is C=c1cccc/c1=C(/N=C(C)/C=C/C)N(C)C. The maximum absolute atomic E-state index is 4.63. The van der Waals surface area contributed by atoms with Gasteiger partial charge >= 0.3 is 0 Å². The van der Waals surface area contributed by atoms with E-state index in [0.29, 0.717) is 0 Å². The zero-order chi connectivity index (χ0) is 12.8. The molecule has 90 valence electrons. The highest BCUT2D eigenvalue weighted by Crippen LogP contribution is 2.00. The van der Waals surface area contributed by atoms with E-state index in [4.69, 9.17) is 0 Å². The van der Waals surface area contributed by atoms with E-state index < -0.39 is 0 Å². The van der Waals surface area contributed by atoms with Gasteiger partial charge in [0.1, 0.15) is 5.82 Å². The van der Waals surface area contributed by atoms with Crippen molar-refractivity contribution in [2.75, 3.05) is 14.1 Å². The number of nitrogens with zero attached hydrogens (tertiary/aromatic N) is 2. The minimum Gasteiger partial charge on any atom is -0.362 e. The van der Waals surface area contributed by atoms with Gasteiger partial charge in [0.15, 0.2) is 0 Å². The molecule has 0 spiro atoms. The summed E-state index contributed by atoms with van der Waals surface area (Å²) in [6, 6.07) is 8.04. The summed E-state index contributed by atoms with van der Waals surface area (Å²) in [6.45, 7) is 8.03. The first kappa shape index (κ1) is 13.2. The highest BCUT2D eigenvalue weighted by molar-refractivity contribution is 5.95. The second-order valence-corrected chi connectivity index (χ2v) is 4.13. The maximum Gasteiger partial charge on any atom is 0.136 e. The van der Waals surface area contributed by atoms with Crippen LogP contribution in [0.4, 0.5) is 0 Å². The molecule has 1 aromatic rings. The minimum absolute atomic E-state index is 0.936.